The Kier molecular flexibility index (Phi) is 6.24. The summed E-state index contributed by atoms with van der Waals surface area (Å²) >= 11 is 0. The van der Waals surface area contributed by atoms with Crippen LogP contribution in [-0.4, -0.2) is 35.3 Å². The number of nitrogens with zero attached hydrogens (tertiary/aromatic N) is 2. The average molecular weight is 420 g/mol. The lowest BCUT2D eigenvalue weighted by Crippen LogP contribution is -2.18. The maximum atomic E-state index is 13.5. The maximum absolute atomic E-state index is 13.5. The molecule has 7 heteroatoms. The van der Waals surface area contributed by atoms with Crippen molar-refractivity contribution in [3.05, 3.63) is 78.6 Å². The van der Waals surface area contributed by atoms with Crippen LogP contribution in [0.25, 0.3) is 22.4 Å². The van der Waals surface area contributed by atoms with E-state index in [9.17, 15) is 9.18 Å². The second-order valence-electron chi connectivity index (χ2n) is 6.84. The third-order valence-electron chi connectivity index (χ3n) is 4.63. The van der Waals surface area contributed by atoms with E-state index in [0.29, 0.717) is 23.7 Å². The molecule has 0 saturated heterocycles. The number of fused-ring (bicyclic) bond motifs is 1. The van der Waals surface area contributed by atoms with E-state index in [0.717, 1.165) is 16.8 Å². The van der Waals surface area contributed by atoms with Crippen molar-refractivity contribution in [3.8, 4) is 22.9 Å². The van der Waals surface area contributed by atoms with Crippen LogP contribution in [0.1, 0.15) is 0 Å². The van der Waals surface area contributed by atoms with Crippen LogP contribution in [0.5, 0.6) is 11.5 Å². The predicted molar refractivity (Wildman–Crippen MR) is 114 cm³/mol. The van der Waals surface area contributed by atoms with Gasteiger partial charge in [0.15, 0.2) is 0 Å². The normalized spacial score (nSPS) is 10.9. The van der Waals surface area contributed by atoms with Gasteiger partial charge in [-0.3, -0.25) is 0 Å². The van der Waals surface area contributed by atoms with Gasteiger partial charge in [-0.2, -0.15) is 0 Å². The minimum absolute atomic E-state index is 0.187. The van der Waals surface area contributed by atoms with Crippen LogP contribution < -0.4 is 9.47 Å². The predicted octanol–water partition coefficient (Wildman–Crippen LogP) is 4.38. The van der Waals surface area contributed by atoms with Gasteiger partial charge in [-0.15, -0.1) is 0 Å². The summed E-state index contributed by atoms with van der Waals surface area (Å²) in [5.41, 5.74) is 2.12. The fourth-order valence-electron chi connectivity index (χ4n) is 3.18. The summed E-state index contributed by atoms with van der Waals surface area (Å²) in [5.74, 6) is 0.922. The van der Waals surface area contributed by atoms with Crippen LogP contribution in [-0.2, 0) is 16.6 Å². The molecule has 0 bridgehead atoms. The number of aryl methyl sites for hydroxylation is 1. The minimum atomic E-state index is -0.510. The Morgan fingerprint density at radius 3 is 2.61 bits per heavy atom. The van der Waals surface area contributed by atoms with Gasteiger partial charge in [-0.1, -0.05) is 30.3 Å². The molecular formula is C24H21FN2O4. The van der Waals surface area contributed by atoms with Gasteiger partial charge in [0.2, 0.25) is 0 Å². The fraction of sp³-hybridized carbons (Fsp3) is 0.167. The van der Waals surface area contributed by atoms with Crippen molar-refractivity contribution in [1.29, 1.82) is 0 Å². The summed E-state index contributed by atoms with van der Waals surface area (Å²) < 4.78 is 31.6. The molecule has 0 aliphatic heterocycles. The number of carbonyl (C=O) groups excluding carboxylic acids is 1. The Hall–Kier alpha value is -3.71. The highest BCUT2D eigenvalue weighted by Gasteiger charge is 2.12. The van der Waals surface area contributed by atoms with Gasteiger partial charge in [0, 0.05) is 18.7 Å². The van der Waals surface area contributed by atoms with Crippen molar-refractivity contribution in [3.63, 3.8) is 0 Å². The molecule has 0 N–H and O–H groups in total. The van der Waals surface area contributed by atoms with Crippen molar-refractivity contribution in [2.75, 3.05) is 19.8 Å². The molecular weight excluding hydrogens is 399 g/mol. The van der Waals surface area contributed by atoms with Gasteiger partial charge in [-0.25, -0.2) is 14.2 Å². The van der Waals surface area contributed by atoms with E-state index in [1.165, 1.54) is 12.1 Å². The zero-order valence-corrected chi connectivity index (χ0v) is 17.0. The topological polar surface area (TPSA) is 62.6 Å². The quantitative estimate of drug-likeness (QED) is 0.241. The number of benzene rings is 3. The molecule has 1 aromatic heterocycles. The van der Waals surface area contributed by atoms with Crippen LogP contribution in [0, 0.1) is 5.82 Å². The number of halogens is 1. The van der Waals surface area contributed by atoms with Crippen LogP contribution in [0.4, 0.5) is 4.39 Å². The third-order valence-corrected chi connectivity index (χ3v) is 4.63. The monoisotopic (exact) mass is 420 g/mol. The van der Waals surface area contributed by atoms with E-state index in [1.807, 2.05) is 48.0 Å². The van der Waals surface area contributed by atoms with Crippen LogP contribution >= 0.6 is 0 Å². The highest BCUT2D eigenvalue weighted by atomic mass is 19.1. The molecule has 0 unspecified atom stereocenters. The molecule has 0 aliphatic rings. The van der Waals surface area contributed by atoms with Gasteiger partial charge >= 0.3 is 5.97 Å². The number of ether oxygens (including phenoxy) is 3. The number of esters is 1. The van der Waals surface area contributed by atoms with Crippen molar-refractivity contribution >= 4 is 17.0 Å². The molecule has 1 heterocycles. The maximum Gasteiger partial charge on any atom is 0.337 e. The van der Waals surface area contributed by atoms with Crippen LogP contribution in [0.2, 0.25) is 0 Å². The lowest BCUT2D eigenvalue weighted by atomic mass is 10.2. The molecule has 0 radical (unpaired) electrons. The number of aromatic nitrogens is 2. The van der Waals surface area contributed by atoms with E-state index in [-0.39, 0.29) is 19.0 Å². The molecule has 3 aromatic carbocycles. The number of rotatable bonds is 8. The Morgan fingerprint density at radius 1 is 0.968 bits per heavy atom. The van der Waals surface area contributed by atoms with E-state index in [2.05, 4.69) is 4.98 Å². The Bertz CT molecular complexity index is 1190. The van der Waals surface area contributed by atoms with Gasteiger partial charge in [0.05, 0.1) is 17.6 Å². The van der Waals surface area contributed by atoms with Crippen molar-refractivity contribution in [1.82, 2.24) is 9.55 Å². The third kappa shape index (κ3) is 5.07. The van der Waals surface area contributed by atoms with E-state index in [4.69, 9.17) is 14.2 Å². The molecule has 158 valence electrons. The smallest absolute Gasteiger partial charge is 0.337 e. The second-order valence-corrected chi connectivity index (χ2v) is 6.84. The summed E-state index contributed by atoms with van der Waals surface area (Å²) in [7, 11) is 1.85. The summed E-state index contributed by atoms with van der Waals surface area (Å²) in [6.45, 7) is 0.411. The second kappa shape index (κ2) is 9.40. The number of hydrogen-bond donors (Lipinski definition) is 0. The zero-order chi connectivity index (χ0) is 21.6. The van der Waals surface area contributed by atoms with Gasteiger partial charge in [0.1, 0.15) is 36.4 Å². The molecule has 31 heavy (non-hydrogen) atoms. The Morgan fingerprint density at radius 2 is 1.77 bits per heavy atom. The van der Waals surface area contributed by atoms with Crippen molar-refractivity contribution in [2.24, 2.45) is 7.05 Å². The molecule has 0 aliphatic carbocycles. The molecule has 0 fully saturated rings. The largest absolute Gasteiger partial charge is 0.491 e. The SMILES string of the molecule is Cn1c(-c2cccc(OC(=O)COCCOc3ccccc3)c2)nc2cc(F)ccc21. The lowest BCUT2D eigenvalue weighted by molar-refractivity contribution is -0.139. The standard InChI is InChI=1S/C24H21FN2O4/c1-27-22-11-10-18(25)15-21(22)26-24(27)17-6-5-9-20(14-17)31-23(28)16-29-12-13-30-19-7-3-2-4-8-19/h2-11,14-15H,12-13,16H2,1H3. The molecule has 0 amide bonds. The number of para-hydroxylation sites is 1. The van der Waals surface area contributed by atoms with Crippen LogP contribution in [0.3, 0.4) is 0 Å². The van der Waals surface area contributed by atoms with Crippen molar-refractivity contribution in [2.45, 2.75) is 0 Å². The minimum Gasteiger partial charge on any atom is -0.491 e. The highest BCUT2D eigenvalue weighted by molar-refractivity contribution is 5.81. The van der Waals surface area contributed by atoms with Crippen molar-refractivity contribution < 1.29 is 23.4 Å². The highest BCUT2D eigenvalue weighted by Crippen LogP contribution is 2.27. The first-order valence-corrected chi connectivity index (χ1v) is 9.79. The fourth-order valence-corrected chi connectivity index (χ4v) is 3.18. The Labute approximate surface area is 178 Å². The van der Waals surface area contributed by atoms with Gasteiger partial charge < -0.3 is 18.8 Å². The molecule has 0 spiro atoms. The zero-order valence-electron chi connectivity index (χ0n) is 17.0. The number of carbonyl (C=O) groups is 1. The summed E-state index contributed by atoms with van der Waals surface area (Å²) in [6.07, 6.45) is 0. The summed E-state index contributed by atoms with van der Waals surface area (Å²) in [4.78, 5) is 16.6. The number of imidazole rings is 1. The van der Waals surface area contributed by atoms with E-state index >= 15 is 0 Å². The molecule has 0 saturated carbocycles. The first kappa shape index (κ1) is 20.6. The number of hydrogen-bond acceptors (Lipinski definition) is 5. The molecule has 6 nitrogen and oxygen atoms in total. The molecule has 4 rings (SSSR count). The first-order chi connectivity index (χ1) is 15.1. The first-order valence-electron chi connectivity index (χ1n) is 9.79. The van der Waals surface area contributed by atoms with E-state index < -0.39 is 5.97 Å². The summed E-state index contributed by atoms with van der Waals surface area (Å²) in [5, 5.41) is 0. The molecule has 4 aromatic rings. The van der Waals surface area contributed by atoms with Gasteiger partial charge in [-0.05, 0) is 36.4 Å². The lowest BCUT2D eigenvalue weighted by Gasteiger charge is -2.08. The molecule has 0 atom stereocenters. The Balaban J connectivity index is 1.33. The van der Waals surface area contributed by atoms with Crippen LogP contribution in [0.15, 0.2) is 72.8 Å². The average Bonchev–Trinajstić information content (AvgIpc) is 3.10. The van der Waals surface area contributed by atoms with E-state index in [1.54, 1.807) is 24.3 Å². The van der Waals surface area contributed by atoms with Gasteiger partial charge in [0.25, 0.3) is 0 Å². The summed E-state index contributed by atoms with van der Waals surface area (Å²) in [6, 6.07) is 20.9.